The molecule has 0 radical (unpaired) electrons. The third-order valence-corrected chi connectivity index (χ3v) is 4.61. The van der Waals surface area contributed by atoms with Crippen LogP contribution < -0.4 is 15.0 Å². The number of carbonyl (C=O) groups excluding carboxylic acids is 1. The molecule has 0 aliphatic rings. The highest BCUT2D eigenvalue weighted by Gasteiger charge is 2.06. The average Bonchev–Trinajstić information content (AvgIpc) is 2.80. The standard InChI is InChI=1S/C24H25FN4O2/c1-3-29(4-2)23-11-8-19(15-27-23)16-28-24(30)12-9-18-7-10-22(21(25)14-18)31-20-6-5-13-26-17-20/h5-15,17H,3-4,16H2,1-2H3,(H,28,30)/b12-9+. The van der Waals surface area contributed by atoms with E-state index in [2.05, 4.69) is 34.0 Å². The van der Waals surface area contributed by atoms with Gasteiger partial charge in [-0.2, -0.15) is 0 Å². The molecule has 31 heavy (non-hydrogen) atoms. The molecule has 0 saturated carbocycles. The molecule has 0 aliphatic heterocycles. The van der Waals surface area contributed by atoms with E-state index in [9.17, 15) is 9.18 Å². The topological polar surface area (TPSA) is 67.4 Å². The van der Waals surface area contributed by atoms with E-state index in [4.69, 9.17) is 4.74 Å². The van der Waals surface area contributed by atoms with Crippen LogP contribution in [0.2, 0.25) is 0 Å². The molecule has 2 aromatic heterocycles. The summed E-state index contributed by atoms with van der Waals surface area (Å²) in [6.07, 6.45) is 7.79. The van der Waals surface area contributed by atoms with Gasteiger partial charge in [0.25, 0.3) is 0 Å². The van der Waals surface area contributed by atoms with Crippen molar-refractivity contribution >= 4 is 17.8 Å². The second-order valence-corrected chi connectivity index (χ2v) is 6.73. The smallest absolute Gasteiger partial charge is 0.244 e. The molecule has 0 bridgehead atoms. The lowest BCUT2D eigenvalue weighted by Gasteiger charge is -2.19. The molecule has 6 nitrogen and oxygen atoms in total. The molecule has 0 atom stereocenters. The number of hydrogen-bond acceptors (Lipinski definition) is 5. The molecule has 0 unspecified atom stereocenters. The molecule has 1 amide bonds. The number of carbonyl (C=O) groups is 1. The van der Waals surface area contributed by atoms with Gasteiger partial charge in [-0.1, -0.05) is 12.1 Å². The maximum atomic E-state index is 14.3. The van der Waals surface area contributed by atoms with Gasteiger partial charge >= 0.3 is 0 Å². The molecule has 3 aromatic rings. The van der Waals surface area contributed by atoms with Crippen LogP contribution in [0.4, 0.5) is 10.2 Å². The summed E-state index contributed by atoms with van der Waals surface area (Å²) in [4.78, 5) is 22.6. The lowest BCUT2D eigenvalue weighted by Crippen LogP contribution is -2.23. The van der Waals surface area contributed by atoms with Gasteiger partial charge < -0.3 is 15.0 Å². The molecule has 0 saturated heterocycles. The van der Waals surface area contributed by atoms with Crippen LogP contribution in [0.25, 0.3) is 6.08 Å². The Balaban J connectivity index is 1.53. The molecule has 1 aromatic carbocycles. The zero-order valence-corrected chi connectivity index (χ0v) is 17.6. The molecule has 7 heteroatoms. The maximum Gasteiger partial charge on any atom is 0.244 e. The van der Waals surface area contributed by atoms with Crippen LogP contribution in [0.1, 0.15) is 25.0 Å². The van der Waals surface area contributed by atoms with E-state index in [0.717, 1.165) is 24.5 Å². The first-order valence-electron chi connectivity index (χ1n) is 10.1. The third-order valence-electron chi connectivity index (χ3n) is 4.61. The number of anilines is 1. The second-order valence-electron chi connectivity index (χ2n) is 6.73. The van der Waals surface area contributed by atoms with Crippen molar-refractivity contribution in [2.24, 2.45) is 0 Å². The summed E-state index contributed by atoms with van der Waals surface area (Å²) in [5.74, 6) is 0.659. The Hall–Kier alpha value is -3.74. The number of nitrogens with one attached hydrogen (secondary N) is 1. The minimum absolute atomic E-state index is 0.0928. The molecule has 3 rings (SSSR count). The van der Waals surface area contributed by atoms with Crippen molar-refractivity contribution in [3.63, 3.8) is 0 Å². The first kappa shape index (κ1) is 22.0. The summed E-state index contributed by atoms with van der Waals surface area (Å²) in [5, 5.41) is 2.80. The van der Waals surface area contributed by atoms with Crippen LogP contribution in [0.5, 0.6) is 11.5 Å². The summed E-state index contributed by atoms with van der Waals surface area (Å²) >= 11 is 0. The predicted octanol–water partition coefficient (Wildman–Crippen LogP) is 4.58. The molecule has 0 aliphatic carbocycles. The number of nitrogens with zero attached hydrogens (tertiary/aromatic N) is 3. The van der Waals surface area contributed by atoms with Crippen molar-refractivity contribution < 1.29 is 13.9 Å². The zero-order chi connectivity index (χ0) is 22.1. The minimum Gasteiger partial charge on any atom is -0.453 e. The van der Waals surface area contributed by atoms with Crippen molar-refractivity contribution in [3.05, 3.63) is 84.1 Å². The molecular formula is C24H25FN4O2. The number of amides is 1. The van der Waals surface area contributed by atoms with Crippen LogP contribution in [0, 0.1) is 5.82 Å². The maximum absolute atomic E-state index is 14.3. The Bertz CT molecular complexity index is 1020. The molecule has 1 N–H and O–H groups in total. The first-order chi connectivity index (χ1) is 15.1. The quantitative estimate of drug-likeness (QED) is 0.513. The van der Waals surface area contributed by atoms with Crippen molar-refractivity contribution in [1.82, 2.24) is 15.3 Å². The number of aromatic nitrogens is 2. The van der Waals surface area contributed by atoms with Gasteiger partial charge in [-0.15, -0.1) is 0 Å². The van der Waals surface area contributed by atoms with Crippen molar-refractivity contribution in [2.75, 3.05) is 18.0 Å². The highest BCUT2D eigenvalue weighted by molar-refractivity contribution is 5.91. The van der Waals surface area contributed by atoms with E-state index in [1.54, 1.807) is 36.7 Å². The van der Waals surface area contributed by atoms with Gasteiger partial charge in [0.1, 0.15) is 11.6 Å². The average molecular weight is 420 g/mol. The van der Waals surface area contributed by atoms with Crippen molar-refractivity contribution in [1.29, 1.82) is 0 Å². The van der Waals surface area contributed by atoms with E-state index in [1.807, 2.05) is 12.1 Å². The summed E-state index contributed by atoms with van der Waals surface area (Å²) < 4.78 is 19.7. The summed E-state index contributed by atoms with van der Waals surface area (Å²) in [6, 6.07) is 11.8. The van der Waals surface area contributed by atoms with E-state index in [1.165, 1.54) is 24.4 Å². The molecular weight excluding hydrogens is 395 g/mol. The van der Waals surface area contributed by atoms with Gasteiger partial charge in [0.2, 0.25) is 5.91 Å². The summed E-state index contributed by atoms with van der Waals surface area (Å²) in [5.41, 5.74) is 1.46. The largest absolute Gasteiger partial charge is 0.453 e. The van der Waals surface area contributed by atoms with E-state index in [0.29, 0.717) is 17.9 Å². The fraction of sp³-hybridized carbons (Fsp3) is 0.208. The lowest BCUT2D eigenvalue weighted by molar-refractivity contribution is -0.116. The Kier molecular flexibility index (Phi) is 7.70. The van der Waals surface area contributed by atoms with Crippen LogP contribution >= 0.6 is 0 Å². The Morgan fingerprint density at radius 1 is 1.16 bits per heavy atom. The Labute approximate surface area is 181 Å². The summed E-state index contributed by atoms with van der Waals surface area (Å²) in [7, 11) is 0. The number of pyridine rings is 2. The predicted molar refractivity (Wildman–Crippen MR) is 119 cm³/mol. The van der Waals surface area contributed by atoms with E-state index < -0.39 is 5.82 Å². The van der Waals surface area contributed by atoms with Crippen LogP contribution in [0.3, 0.4) is 0 Å². The highest BCUT2D eigenvalue weighted by Crippen LogP contribution is 2.24. The van der Waals surface area contributed by atoms with E-state index >= 15 is 0 Å². The second kappa shape index (κ2) is 10.9. The highest BCUT2D eigenvalue weighted by atomic mass is 19.1. The molecule has 0 fully saturated rings. The number of ether oxygens (including phenoxy) is 1. The fourth-order valence-electron chi connectivity index (χ4n) is 2.91. The number of rotatable bonds is 9. The van der Waals surface area contributed by atoms with Crippen molar-refractivity contribution in [3.8, 4) is 11.5 Å². The Morgan fingerprint density at radius 3 is 2.65 bits per heavy atom. The van der Waals surface area contributed by atoms with Gasteiger partial charge in [-0.25, -0.2) is 9.37 Å². The zero-order valence-electron chi connectivity index (χ0n) is 17.6. The van der Waals surface area contributed by atoms with Gasteiger partial charge in [0.15, 0.2) is 11.6 Å². The number of halogens is 1. The number of benzene rings is 1. The first-order valence-corrected chi connectivity index (χ1v) is 10.1. The monoisotopic (exact) mass is 420 g/mol. The molecule has 0 spiro atoms. The van der Waals surface area contributed by atoms with Crippen LogP contribution in [0.15, 0.2) is 67.1 Å². The number of hydrogen-bond donors (Lipinski definition) is 1. The lowest BCUT2D eigenvalue weighted by atomic mass is 10.2. The third kappa shape index (κ3) is 6.37. The van der Waals surface area contributed by atoms with E-state index in [-0.39, 0.29) is 11.7 Å². The van der Waals surface area contributed by atoms with Crippen molar-refractivity contribution in [2.45, 2.75) is 20.4 Å². The Morgan fingerprint density at radius 2 is 2.00 bits per heavy atom. The van der Waals surface area contributed by atoms with Gasteiger partial charge in [0, 0.05) is 38.1 Å². The molecule has 2 heterocycles. The van der Waals surface area contributed by atoms with Crippen LogP contribution in [-0.2, 0) is 11.3 Å². The molecule has 160 valence electrons. The van der Waals surface area contributed by atoms with Gasteiger partial charge in [0.05, 0.1) is 6.20 Å². The van der Waals surface area contributed by atoms with Gasteiger partial charge in [-0.3, -0.25) is 9.78 Å². The van der Waals surface area contributed by atoms with Crippen LogP contribution in [-0.4, -0.2) is 29.0 Å². The van der Waals surface area contributed by atoms with Gasteiger partial charge in [-0.05, 0) is 61.4 Å². The normalized spacial score (nSPS) is 10.8. The summed E-state index contributed by atoms with van der Waals surface area (Å²) in [6.45, 7) is 6.31. The SMILES string of the molecule is CCN(CC)c1ccc(CNC(=O)/C=C/c2ccc(Oc3cccnc3)c(F)c2)cn1. The minimum atomic E-state index is -0.522. The fourth-order valence-corrected chi connectivity index (χ4v) is 2.91.